The van der Waals surface area contributed by atoms with Crippen molar-refractivity contribution >= 4 is 34.8 Å². The lowest BCUT2D eigenvalue weighted by Crippen LogP contribution is -2.46. The number of furan rings is 1. The number of aryl methyl sites for hydroxylation is 2. The second kappa shape index (κ2) is 10.1. The topological polar surface area (TPSA) is 75.5 Å². The summed E-state index contributed by atoms with van der Waals surface area (Å²) < 4.78 is 11.3. The van der Waals surface area contributed by atoms with Crippen molar-refractivity contribution < 1.29 is 13.9 Å². The molecule has 0 radical (unpaired) electrons. The molecule has 0 bridgehead atoms. The fourth-order valence-electron chi connectivity index (χ4n) is 2.75. The van der Waals surface area contributed by atoms with Crippen LogP contribution in [0.1, 0.15) is 33.0 Å². The van der Waals surface area contributed by atoms with Crippen molar-refractivity contribution in [3.8, 4) is 5.75 Å². The number of rotatable bonds is 6. The molecule has 0 unspecified atom stereocenters. The Morgan fingerprint density at radius 2 is 1.73 bits per heavy atom. The maximum atomic E-state index is 12.2. The van der Waals surface area contributed by atoms with E-state index in [0.29, 0.717) is 17.3 Å². The molecule has 0 spiro atoms. The number of amides is 1. The molecule has 3 aromatic rings. The van der Waals surface area contributed by atoms with Crippen LogP contribution in [0, 0.1) is 13.8 Å². The number of hydrogen-bond acceptors (Lipinski definition) is 4. The van der Waals surface area contributed by atoms with Gasteiger partial charge < -0.3 is 14.5 Å². The van der Waals surface area contributed by atoms with Crippen molar-refractivity contribution in [1.29, 1.82) is 0 Å². The molecule has 0 aliphatic heterocycles. The van der Waals surface area contributed by atoms with Gasteiger partial charge in [-0.3, -0.25) is 15.6 Å². The minimum absolute atomic E-state index is 0.155. The highest BCUT2D eigenvalue weighted by molar-refractivity contribution is 7.80. The number of ether oxygens (including phenoxy) is 1. The summed E-state index contributed by atoms with van der Waals surface area (Å²) in [6.45, 7) is 4.75. The standard InChI is InChI=1S/C22H22ClN3O3S/c1-14-9-15(2)11-19(10-14)28-13-18-7-8-20(29-18)21(27)25-26-22(30)24-12-16-3-5-17(23)6-4-16/h3-11H,12-13H2,1-2H3,(H,25,27)(H2,24,26,30). The molecular weight excluding hydrogens is 422 g/mol. The number of carbonyl (C=O) groups is 1. The van der Waals surface area contributed by atoms with Gasteiger partial charge in [-0.05, 0) is 79.2 Å². The minimum atomic E-state index is -0.441. The van der Waals surface area contributed by atoms with Crippen molar-refractivity contribution in [3.63, 3.8) is 0 Å². The molecular formula is C22H22ClN3O3S. The molecule has 0 aliphatic carbocycles. The molecule has 3 N–H and O–H groups in total. The van der Waals surface area contributed by atoms with Crippen LogP contribution in [0.4, 0.5) is 0 Å². The van der Waals surface area contributed by atoms with Gasteiger partial charge in [0.25, 0.3) is 0 Å². The Morgan fingerprint density at radius 3 is 2.43 bits per heavy atom. The summed E-state index contributed by atoms with van der Waals surface area (Å²) in [6.07, 6.45) is 0. The molecule has 0 saturated carbocycles. The van der Waals surface area contributed by atoms with E-state index in [2.05, 4.69) is 22.2 Å². The second-order valence-corrected chi connectivity index (χ2v) is 7.61. The van der Waals surface area contributed by atoms with Gasteiger partial charge in [-0.15, -0.1) is 0 Å². The first-order chi connectivity index (χ1) is 14.4. The highest BCUT2D eigenvalue weighted by Gasteiger charge is 2.12. The fraction of sp³-hybridized carbons (Fsp3) is 0.182. The van der Waals surface area contributed by atoms with E-state index >= 15 is 0 Å². The zero-order chi connectivity index (χ0) is 21.5. The Labute approximate surface area is 185 Å². The Hall–Kier alpha value is -3.03. The predicted molar refractivity (Wildman–Crippen MR) is 120 cm³/mol. The Morgan fingerprint density at radius 1 is 1.03 bits per heavy atom. The number of benzene rings is 2. The summed E-state index contributed by atoms with van der Waals surface area (Å²) in [4.78, 5) is 12.2. The van der Waals surface area contributed by atoms with E-state index in [-0.39, 0.29) is 17.5 Å². The van der Waals surface area contributed by atoms with Gasteiger partial charge in [0.1, 0.15) is 18.1 Å². The number of hydrogen-bond donors (Lipinski definition) is 3. The summed E-state index contributed by atoms with van der Waals surface area (Å²) in [5.41, 5.74) is 8.40. The summed E-state index contributed by atoms with van der Waals surface area (Å²) in [5.74, 6) is 1.02. The highest BCUT2D eigenvalue weighted by atomic mass is 35.5. The second-order valence-electron chi connectivity index (χ2n) is 6.77. The normalized spacial score (nSPS) is 10.4. The molecule has 3 rings (SSSR count). The molecule has 8 heteroatoms. The molecule has 1 aromatic heterocycles. The average molecular weight is 444 g/mol. The minimum Gasteiger partial charge on any atom is -0.486 e. The Kier molecular flexibility index (Phi) is 7.32. The van der Waals surface area contributed by atoms with Gasteiger partial charge in [0, 0.05) is 11.6 Å². The number of carbonyl (C=O) groups excluding carboxylic acids is 1. The monoisotopic (exact) mass is 443 g/mol. The summed E-state index contributed by atoms with van der Waals surface area (Å²) >= 11 is 11.0. The van der Waals surface area contributed by atoms with Crippen LogP contribution < -0.4 is 20.9 Å². The molecule has 2 aromatic carbocycles. The van der Waals surface area contributed by atoms with Crippen molar-refractivity contribution in [1.82, 2.24) is 16.2 Å². The molecule has 30 heavy (non-hydrogen) atoms. The van der Waals surface area contributed by atoms with E-state index in [4.69, 9.17) is 33.0 Å². The van der Waals surface area contributed by atoms with E-state index in [1.807, 2.05) is 38.1 Å². The number of halogens is 1. The number of hydrazine groups is 1. The summed E-state index contributed by atoms with van der Waals surface area (Å²) in [5, 5.41) is 3.94. The molecule has 1 amide bonds. The molecule has 0 aliphatic rings. The van der Waals surface area contributed by atoms with Crippen LogP contribution in [0.5, 0.6) is 5.75 Å². The summed E-state index contributed by atoms with van der Waals surface area (Å²) in [7, 11) is 0. The largest absolute Gasteiger partial charge is 0.486 e. The Balaban J connectivity index is 1.43. The zero-order valence-electron chi connectivity index (χ0n) is 16.6. The van der Waals surface area contributed by atoms with Gasteiger partial charge in [-0.1, -0.05) is 29.8 Å². The lowest BCUT2D eigenvalue weighted by molar-refractivity contribution is 0.0911. The smallest absolute Gasteiger partial charge is 0.305 e. The van der Waals surface area contributed by atoms with E-state index in [1.165, 1.54) is 0 Å². The molecule has 0 saturated heterocycles. The molecule has 0 atom stereocenters. The first-order valence-corrected chi connectivity index (χ1v) is 10.1. The third kappa shape index (κ3) is 6.50. The van der Waals surface area contributed by atoms with E-state index < -0.39 is 5.91 Å². The quantitative estimate of drug-likeness (QED) is 0.386. The Bertz CT molecular complexity index is 1010. The maximum Gasteiger partial charge on any atom is 0.305 e. The molecule has 156 valence electrons. The van der Waals surface area contributed by atoms with Crippen molar-refractivity contribution in [2.24, 2.45) is 0 Å². The maximum absolute atomic E-state index is 12.2. The molecule has 6 nitrogen and oxygen atoms in total. The van der Waals surface area contributed by atoms with Gasteiger partial charge in [0.05, 0.1) is 0 Å². The van der Waals surface area contributed by atoms with Crippen LogP contribution in [-0.4, -0.2) is 11.0 Å². The van der Waals surface area contributed by atoms with Crippen LogP contribution in [-0.2, 0) is 13.2 Å². The van der Waals surface area contributed by atoms with Gasteiger partial charge in [-0.2, -0.15) is 0 Å². The van der Waals surface area contributed by atoms with E-state index in [0.717, 1.165) is 22.4 Å². The van der Waals surface area contributed by atoms with Crippen molar-refractivity contribution in [3.05, 3.63) is 87.8 Å². The lowest BCUT2D eigenvalue weighted by atomic mass is 10.1. The third-order valence-corrected chi connectivity index (χ3v) is 4.62. The van der Waals surface area contributed by atoms with Gasteiger partial charge in [0.2, 0.25) is 0 Å². The van der Waals surface area contributed by atoms with Crippen LogP contribution >= 0.6 is 23.8 Å². The third-order valence-electron chi connectivity index (χ3n) is 4.12. The zero-order valence-corrected chi connectivity index (χ0v) is 18.2. The number of thiocarbonyl (C=S) groups is 1. The fourth-order valence-corrected chi connectivity index (χ4v) is 3.00. The molecule has 1 heterocycles. The van der Waals surface area contributed by atoms with Crippen LogP contribution in [0.3, 0.4) is 0 Å². The van der Waals surface area contributed by atoms with E-state index in [9.17, 15) is 4.79 Å². The first kappa shape index (κ1) is 21.7. The van der Waals surface area contributed by atoms with Crippen molar-refractivity contribution in [2.45, 2.75) is 27.0 Å². The summed E-state index contributed by atoms with van der Waals surface area (Å²) in [6, 6.07) is 16.6. The predicted octanol–water partition coefficient (Wildman–Crippen LogP) is 4.44. The average Bonchev–Trinajstić information content (AvgIpc) is 3.18. The van der Waals surface area contributed by atoms with Crippen molar-refractivity contribution in [2.75, 3.05) is 0 Å². The van der Waals surface area contributed by atoms with Crippen LogP contribution in [0.2, 0.25) is 5.02 Å². The SMILES string of the molecule is Cc1cc(C)cc(OCc2ccc(C(=O)NNC(=S)NCc3ccc(Cl)cc3)o2)c1. The van der Waals surface area contributed by atoms with Gasteiger partial charge >= 0.3 is 5.91 Å². The van der Waals surface area contributed by atoms with Crippen LogP contribution in [0.15, 0.2) is 59.0 Å². The lowest BCUT2D eigenvalue weighted by Gasteiger charge is -2.11. The first-order valence-electron chi connectivity index (χ1n) is 9.27. The van der Waals surface area contributed by atoms with Gasteiger partial charge in [0.15, 0.2) is 10.9 Å². The van der Waals surface area contributed by atoms with Gasteiger partial charge in [-0.25, -0.2) is 0 Å². The highest BCUT2D eigenvalue weighted by Crippen LogP contribution is 2.18. The molecule has 0 fully saturated rings. The number of nitrogens with one attached hydrogen (secondary N) is 3. The van der Waals surface area contributed by atoms with Crippen LogP contribution in [0.25, 0.3) is 0 Å². The van der Waals surface area contributed by atoms with E-state index in [1.54, 1.807) is 24.3 Å².